The Morgan fingerprint density at radius 2 is 2.27 bits per heavy atom. The summed E-state index contributed by atoms with van der Waals surface area (Å²) >= 11 is 1.68. The van der Waals surface area contributed by atoms with E-state index in [0.29, 0.717) is 0 Å². The lowest BCUT2D eigenvalue weighted by Crippen LogP contribution is -2.15. The van der Waals surface area contributed by atoms with Crippen molar-refractivity contribution in [2.24, 2.45) is 5.73 Å². The zero-order valence-electron chi connectivity index (χ0n) is 7.63. The molecule has 0 aromatic carbocycles. The quantitative estimate of drug-likeness (QED) is 0.860. The van der Waals surface area contributed by atoms with E-state index in [4.69, 9.17) is 10.5 Å². The van der Waals surface area contributed by atoms with Gasteiger partial charge in [0.05, 0.1) is 10.7 Å². The zero-order chi connectivity index (χ0) is 11.6. The molecule has 15 heavy (non-hydrogen) atoms. The molecule has 0 aliphatic rings. The van der Waals surface area contributed by atoms with Crippen molar-refractivity contribution in [1.82, 2.24) is 4.98 Å². The van der Waals surface area contributed by atoms with Gasteiger partial charge < -0.3 is 10.5 Å². The molecule has 0 fully saturated rings. The number of methoxy groups -OCH3 is 1. The van der Waals surface area contributed by atoms with Crippen LogP contribution in [0, 0.1) is 3.57 Å². The minimum Gasteiger partial charge on any atom is -0.495 e. The largest absolute Gasteiger partial charge is 0.495 e. The fourth-order valence-corrected chi connectivity index (χ4v) is 1.68. The predicted octanol–water partition coefficient (Wildman–Crippen LogP) is 1.73. The molecule has 4 nitrogen and oxygen atoms in total. The first-order chi connectivity index (χ1) is 6.97. The molecule has 0 spiro atoms. The molecule has 0 radical (unpaired) electrons. The molecular weight excluding hydrogens is 321 g/mol. The van der Waals surface area contributed by atoms with Crippen LogP contribution >= 0.6 is 22.6 Å². The normalized spacial score (nSPS) is 10.5. The van der Waals surface area contributed by atoms with E-state index < -0.39 is 18.0 Å². The lowest BCUT2D eigenvalue weighted by atomic mass is 10.2. The van der Waals surface area contributed by atoms with Crippen LogP contribution in [-0.2, 0) is 0 Å². The Morgan fingerprint density at radius 3 is 2.67 bits per heavy atom. The minimum atomic E-state index is -2.77. The topological polar surface area (TPSA) is 65.2 Å². The molecule has 82 valence electrons. The van der Waals surface area contributed by atoms with Crippen molar-refractivity contribution >= 4 is 28.5 Å². The first-order valence-corrected chi connectivity index (χ1v) is 4.87. The Morgan fingerprint density at radius 1 is 1.67 bits per heavy atom. The number of nitrogens with zero attached hydrogens (tertiary/aromatic N) is 1. The number of alkyl halides is 2. The highest BCUT2D eigenvalue weighted by atomic mass is 127. The van der Waals surface area contributed by atoms with Gasteiger partial charge in [-0.3, -0.25) is 4.79 Å². The van der Waals surface area contributed by atoms with Crippen molar-refractivity contribution in [2.45, 2.75) is 6.43 Å². The van der Waals surface area contributed by atoms with E-state index in [1.807, 2.05) is 0 Å². The molecule has 0 saturated carbocycles. The minimum absolute atomic E-state index is 0.162. The highest BCUT2D eigenvalue weighted by Gasteiger charge is 2.20. The van der Waals surface area contributed by atoms with Gasteiger partial charge in [-0.1, -0.05) is 0 Å². The van der Waals surface area contributed by atoms with E-state index in [1.54, 1.807) is 22.6 Å². The SMILES string of the molecule is COc1cc(C(N)=O)nc(C(F)F)c1I. The highest BCUT2D eigenvalue weighted by molar-refractivity contribution is 14.1. The molecule has 0 atom stereocenters. The molecule has 0 unspecified atom stereocenters. The Balaban J connectivity index is 3.38. The van der Waals surface area contributed by atoms with Crippen molar-refractivity contribution in [1.29, 1.82) is 0 Å². The van der Waals surface area contributed by atoms with Crippen molar-refractivity contribution in [3.63, 3.8) is 0 Å². The van der Waals surface area contributed by atoms with Gasteiger partial charge in [0.25, 0.3) is 12.3 Å². The van der Waals surface area contributed by atoms with Crippen molar-refractivity contribution < 1.29 is 18.3 Å². The van der Waals surface area contributed by atoms with E-state index >= 15 is 0 Å². The van der Waals surface area contributed by atoms with Crippen LogP contribution in [0.2, 0.25) is 0 Å². The number of aromatic nitrogens is 1. The van der Waals surface area contributed by atoms with Gasteiger partial charge in [-0.05, 0) is 22.6 Å². The number of carbonyl (C=O) groups is 1. The fraction of sp³-hybridized carbons (Fsp3) is 0.250. The molecule has 2 N–H and O–H groups in total. The number of hydrogen-bond donors (Lipinski definition) is 1. The van der Waals surface area contributed by atoms with Crippen molar-refractivity contribution in [3.8, 4) is 5.75 Å². The Kier molecular flexibility index (Phi) is 3.77. The second-order valence-corrected chi connectivity index (χ2v) is 3.65. The predicted molar refractivity (Wildman–Crippen MR) is 57.0 cm³/mol. The summed E-state index contributed by atoms with van der Waals surface area (Å²) in [6, 6.07) is 1.23. The highest BCUT2D eigenvalue weighted by Crippen LogP contribution is 2.30. The number of hydrogen-bond acceptors (Lipinski definition) is 3. The third kappa shape index (κ3) is 2.52. The number of primary amides is 1. The van der Waals surface area contributed by atoms with E-state index in [2.05, 4.69) is 4.98 Å². The summed E-state index contributed by atoms with van der Waals surface area (Å²) in [6.07, 6.45) is -2.77. The molecule has 7 heteroatoms. The van der Waals surface area contributed by atoms with Crippen LogP contribution in [0.15, 0.2) is 6.07 Å². The molecule has 0 bridgehead atoms. The third-order valence-corrected chi connectivity index (χ3v) is 2.71. The van der Waals surface area contributed by atoms with Gasteiger partial charge in [0.2, 0.25) is 0 Å². The fourth-order valence-electron chi connectivity index (χ4n) is 0.944. The average Bonchev–Trinajstić information content (AvgIpc) is 2.17. The summed E-state index contributed by atoms with van der Waals surface area (Å²) in [4.78, 5) is 14.3. The maximum Gasteiger partial charge on any atom is 0.281 e. The Hall–Kier alpha value is -0.990. The van der Waals surface area contributed by atoms with E-state index in [9.17, 15) is 13.6 Å². The Labute approximate surface area is 98.0 Å². The summed E-state index contributed by atoms with van der Waals surface area (Å²) in [5, 5.41) is 0. The van der Waals surface area contributed by atoms with Gasteiger partial charge in [0.15, 0.2) is 0 Å². The maximum absolute atomic E-state index is 12.5. The summed E-state index contributed by atoms with van der Waals surface area (Å²) < 4.78 is 30.0. The second-order valence-electron chi connectivity index (χ2n) is 2.57. The van der Waals surface area contributed by atoms with Crippen LogP contribution in [-0.4, -0.2) is 18.0 Å². The third-order valence-electron chi connectivity index (χ3n) is 1.63. The maximum atomic E-state index is 12.5. The second kappa shape index (κ2) is 4.69. The number of ether oxygens (including phenoxy) is 1. The smallest absolute Gasteiger partial charge is 0.281 e. The number of halogens is 3. The standard InChI is InChI=1S/C8H7F2IN2O2/c1-15-4-2-3(8(12)14)13-6(5(4)11)7(9)10/h2,7H,1H3,(H2,12,14). The summed E-state index contributed by atoms with van der Waals surface area (Å²) in [5.74, 6) is -0.707. The van der Waals surface area contributed by atoms with E-state index in [1.165, 1.54) is 13.2 Å². The number of rotatable bonds is 3. The van der Waals surface area contributed by atoms with Gasteiger partial charge in [-0.15, -0.1) is 0 Å². The van der Waals surface area contributed by atoms with Crippen LogP contribution in [0.4, 0.5) is 8.78 Å². The summed E-state index contributed by atoms with van der Waals surface area (Å²) in [5.41, 5.74) is 4.22. The van der Waals surface area contributed by atoms with Gasteiger partial charge in [0.1, 0.15) is 17.1 Å². The number of carbonyl (C=O) groups excluding carboxylic acids is 1. The summed E-state index contributed by atoms with van der Waals surface area (Å²) in [7, 11) is 1.32. The lowest BCUT2D eigenvalue weighted by Gasteiger charge is -2.09. The first kappa shape index (κ1) is 12.1. The number of pyridine rings is 1. The molecule has 1 heterocycles. The first-order valence-electron chi connectivity index (χ1n) is 3.79. The van der Waals surface area contributed by atoms with Gasteiger partial charge in [-0.25, -0.2) is 13.8 Å². The lowest BCUT2D eigenvalue weighted by molar-refractivity contribution is 0.0992. The van der Waals surface area contributed by atoms with Gasteiger partial charge in [0, 0.05) is 6.07 Å². The number of amides is 1. The summed E-state index contributed by atoms with van der Waals surface area (Å²) in [6.45, 7) is 0. The molecule has 1 rings (SSSR count). The molecular formula is C8H7F2IN2O2. The molecule has 1 aromatic rings. The van der Waals surface area contributed by atoms with Crippen molar-refractivity contribution in [2.75, 3.05) is 7.11 Å². The monoisotopic (exact) mass is 328 g/mol. The molecule has 0 aliphatic carbocycles. The van der Waals surface area contributed by atoms with E-state index in [0.717, 1.165) is 0 Å². The molecule has 0 aliphatic heterocycles. The number of nitrogens with two attached hydrogens (primary N) is 1. The molecule has 1 amide bonds. The average molecular weight is 328 g/mol. The van der Waals surface area contributed by atoms with Crippen LogP contribution in [0.3, 0.4) is 0 Å². The van der Waals surface area contributed by atoms with Crippen LogP contribution < -0.4 is 10.5 Å². The molecule has 0 saturated heterocycles. The van der Waals surface area contributed by atoms with Gasteiger partial charge >= 0.3 is 0 Å². The van der Waals surface area contributed by atoms with Gasteiger partial charge in [-0.2, -0.15) is 0 Å². The van der Waals surface area contributed by atoms with Crippen LogP contribution in [0.25, 0.3) is 0 Å². The van der Waals surface area contributed by atoms with Crippen LogP contribution in [0.1, 0.15) is 22.6 Å². The Bertz CT molecular complexity index is 398. The van der Waals surface area contributed by atoms with E-state index in [-0.39, 0.29) is 15.0 Å². The van der Waals surface area contributed by atoms with Crippen LogP contribution in [0.5, 0.6) is 5.75 Å². The molecule has 1 aromatic heterocycles. The van der Waals surface area contributed by atoms with Crippen molar-refractivity contribution in [3.05, 3.63) is 21.0 Å². The zero-order valence-corrected chi connectivity index (χ0v) is 9.79.